The van der Waals surface area contributed by atoms with Crippen LogP contribution in [0.15, 0.2) is 17.3 Å². The van der Waals surface area contributed by atoms with Gasteiger partial charge >= 0.3 is 0 Å². The molecule has 4 nitrogen and oxygen atoms in total. The van der Waals surface area contributed by atoms with Crippen LogP contribution in [-0.4, -0.2) is 25.4 Å². The van der Waals surface area contributed by atoms with E-state index in [1.807, 2.05) is 18.7 Å². The molecule has 5 heteroatoms. The summed E-state index contributed by atoms with van der Waals surface area (Å²) < 4.78 is 4.14. The van der Waals surface area contributed by atoms with Crippen LogP contribution in [0.2, 0.25) is 0 Å². The van der Waals surface area contributed by atoms with E-state index in [4.69, 9.17) is 5.10 Å². The second-order valence-electron chi connectivity index (χ2n) is 5.54. The monoisotopic (exact) mass is 316 g/mol. The lowest BCUT2D eigenvalue weighted by atomic mass is 10.1. The minimum atomic E-state index is 0. The number of pyridine rings is 1. The highest BCUT2D eigenvalue weighted by atomic mass is 32.2. The Morgan fingerprint density at radius 3 is 2.36 bits per heavy atom. The first-order chi connectivity index (χ1) is 9.93. The fourth-order valence-electron chi connectivity index (χ4n) is 3.02. The maximum absolute atomic E-state index is 4.75. The van der Waals surface area contributed by atoms with Gasteiger partial charge in [-0.05, 0) is 45.1 Å². The van der Waals surface area contributed by atoms with Gasteiger partial charge in [-0.15, -0.1) is 11.8 Å². The lowest BCUT2D eigenvalue weighted by molar-refractivity contribution is 0.698. The van der Waals surface area contributed by atoms with Crippen LogP contribution in [0.25, 0.3) is 17.0 Å². The molecule has 0 atom stereocenters. The molecule has 3 heterocycles. The third-order valence-electron chi connectivity index (χ3n) is 3.86. The average molecular weight is 316 g/mol. The highest BCUT2D eigenvalue weighted by Gasteiger charge is 2.19. The number of hydrogen-bond donors (Lipinski definition) is 0. The molecule has 0 radical (unpaired) electrons. The van der Waals surface area contributed by atoms with Crippen molar-refractivity contribution >= 4 is 17.4 Å². The van der Waals surface area contributed by atoms with E-state index in [-0.39, 0.29) is 7.43 Å². The minimum absolute atomic E-state index is 0. The van der Waals surface area contributed by atoms with Gasteiger partial charge in [-0.1, -0.05) is 13.5 Å². The van der Waals surface area contributed by atoms with Gasteiger partial charge in [0.05, 0.1) is 16.4 Å². The van der Waals surface area contributed by atoms with Gasteiger partial charge in [-0.3, -0.25) is 9.08 Å². The van der Waals surface area contributed by atoms with Crippen molar-refractivity contribution in [2.75, 3.05) is 6.26 Å². The lowest BCUT2D eigenvalue weighted by Gasteiger charge is -2.10. The zero-order chi connectivity index (χ0) is 15.3. The van der Waals surface area contributed by atoms with E-state index < -0.39 is 0 Å². The van der Waals surface area contributed by atoms with Gasteiger partial charge in [0.25, 0.3) is 0 Å². The first-order valence-electron chi connectivity index (χ1n) is 6.98. The number of aryl methyl sites for hydroxylation is 4. The SMILES string of the molecule is C.CSc1c(C)c(-c2c(C)cc(C)c3nc(C)cn23)nn1C. The smallest absolute Gasteiger partial charge is 0.140 e. The minimum Gasteiger partial charge on any atom is -0.297 e. The molecule has 118 valence electrons. The summed E-state index contributed by atoms with van der Waals surface area (Å²) in [6.45, 7) is 8.42. The highest BCUT2D eigenvalue weighted by molar-refractivity contribution is 7.98. The standard InChI is InChI=1S/C16H20N4S.CH4/c1-9-7-10(2)15-17-11(3)8-20(15)14(9)13-12(4)16(21-6)19(5)18-13;/h7-8H,1-6H3;1H4. The molecule has 0 saturated heterocycles. The molecule has 0 spiro atoms. The van der Waals surface area contributed by atoms with E-state index in [0.29, 0.717) is 0 Å². The third-order valence-corrected chi connectivity index (χ3v) is 4.82. The van der Waals surface area contributed by atoms with E-state index in [9.17, 15) is 0 Å². The maximum atomic E-state index is 4.75. The van der Waals surface area contributed by atoms with E-state index in [2.05, 4.69) is 48.7 Å². The van der Waals surface area contributed by atoms with Crippen molar-refractivity contribution in [1.29, 1.82) is 0 Å². The van der Waals surface area contributed by atoms with Gasteiger partial charge in [0, 0.05) is 18.8 Å². The summed E-state index contributed by atoms with van der Waals surface area (Å²) in [5, 5.41) is 5.95. The second-order valence-corrected chi connectivity index (χ2v) is 6.34. The summed E-state index contributed by atoms with van der Waals surface area (Å²) in [6.07, 6.45) is 4.18. The Hall–Kier alpha value is -1.75. The molecular formula is C17H24N4S. The highest BCUT2D eigenvalue weighted by Crippen LogP contribution is 2.32. The normalized spacial score (nSPS) is 11.0. The van der Waals surface area contributed by atoms with Gasteiger partial charge in [0.2, 0.25) is 0 Å². The van der Waals surface area contributed by atoms with Gasteiger partial charge in [-0.25, -0.2) is 4.98 Å². The van der Waals surface area contributed by atoms with Gasteiger partial charge in [0.15, 0.2) is 0 Å². The van der Waals surface area contributed by atoms with E-state index in [1.165, 1.54) is 21.7 Å². The zero-order valence-electron chi connectivity index (χ0n) is 13.4. The van der Waals surface area contributed by atoms with Crippen LogP contribution in [0.4, 0.5) is 0 Å². The summed E-state index contributed by atoms with van der Waals surface area (Å²) in [6, 6.07) is 2.20. The summed E-state index contributed by atoms with van der Waals surface area (Å²) in [5.41, 5.74) is 7.89. The number of aromatic nitrogens is 4. The summed E-state index contributed by atoms with van der Waals surface area (Å²) >= 11 is 1.73. The molecular weight excluding hydrogens is 292 g/mol. The fourth-order valence-corrected chi connectivity index (χ4v) is 3.73. The van der Waals surface area contributed by atoms with Crippen LogP contribution < -0.4 is 0 Å². The Morgan fingerprint density at radius 1 is 1.09 bits per heavy atom. The summed E-state index contributed by atoms with van der Waals surface area (Å²) in [4.78, 5) is 4.64. The quantitative estimate of drug-likeness (QED) is 0.660. The number of rotatable bonds is 2. The van der Waals surface area contributed by atoms with E-state index in [1.54, 1.807) is 11.8 Å². The van der Waals surface area contributed by atoms with Crippen LogP contribution in [0, 0.1) is 27.7 Å². The molecule has 0 aromatic carbocycles. The molecule has 0 aliphatic carbocycles. The number of nitrogens with zero attached hydrogens (tertiary/aromatic N) is 4. The van der Waals surface area contributed by atoms with Crippen LogP contribution in [0.5, 0.6) is 0 Å². The van der Waals surface area contributed by atoms with Crippen molar-refractivity contribution in [2.45, 2.75) is 40.1 Å². The largest absolute Gasteiger partial charge is 0.297 e. The van der Waals surface area contributed by atoms with Crippen LogP contribution in [-0.2, 0) is 7.05 Å². The topological polar surface area (TPSA) is 35.1 Å². The number of hydrogen-bond acceptors (Lipinski definition) is 3. The molecule has 3 rings (SSSR count). The first-order valence-corrected chi connectivity index (χ1v) is 8.20. The molecule has 0 unspecified atom stereocenters. The molecule has 0 amide bonds. The van der Waals surface area contributed by atoms with Crippen LogP contribution in [0.3, 0.4) is 0 Å². The Balaban J connectivity index is 0.00000176. The third kappa shape index (κ3) is 2.33. The molecule has 3 aromatic rings. The second kappa shape index (κ2) is 5.80. The number of thioether (sulfide) groups is 1. The molecule has 0 N–H and O–H groups in total. The Morgan fingerprint density at radius 2 is 1.77 bits per heavy atom. The number of imidazole rings is 1. The average Bonchev–Trinajstić information content (AvgIpc) is 2.91. The van der Waals surface area contributed by atoms with Crippen molar-refractivity contribution in [3.8, 4) is 11.4 Å². The number of fused-ring (bicyclic) bond motifs is 1. The maximum Gasteiger partial charge on any atom is 0.140 e. The van der Waals surface area contributed by atoms with Crippen molar-refractivity contribution < 1.29 is 0 Å². The van der Waals surface area contributed by atoms with E-state index >= 15 is 0 Å². The molecule has 0 fully saturated rings. The molecule has 0 aliphatic heterocycles. The molecule has 0 aliphatic rings. The summed E-state index contributed by atoms with van der Waals surface area (Å²) in [7, 11) is 2.00. The van der Waals surface area contributed by atoms with Gasteiger partial charge < -0.3 is 0 Å². The zero-order valence-corrected chi connectivity index (χ0v) is 14.2. The van der Waals surface area contributed by atoms with Crippen LogP contribution in [0.1, 0.15) is 29.8 Å². The van der Waals surface area contributed by atoms with Crippen molar-refractivity contribution in [1.82, 2.24) is 19.2 Å². The lowest BCUT2D eigenvalue weighted by Crippen LogP contribution is -1.99. The van der Waals surface area contributed by atoms with Crippen LogP contribution >= 0.6 is 11.8 Å². The van der Waals surface area contributed by atoms with Gasteiger partial charge in [-0.2, -0.15) is 5.10 Å². The molecule has 22 heavy (non-hydrogen) atoms. The Kier molecular flexibility index (Phi) is 4.38. The predicted octanol–water partition coefficient (Wildman–Crippen LogP) is 4.33. The Labute approximate surface area is 136 Å². The fraction of sp³-hybridized carbons (Fsp3) is 0.412. The van der Waals surface area contributed by atoms with E-state index in [0.717, 1.165) is 22.7 Å². The van der Waals surface area contributed by atoms with Crippen molar-refractivity contribution in [2.24, 2.45) is 7.05 Å². The van der Waals surface area contributed by atoms with Crippen molar-refractivity contribution in [3.63, 3.8) is 0 Å². The molecule has 0 saturated carbocycles. The van der Waals surface area contributed by atoms with Crippen molar-refractivity contribution in [3.05, 3.63) is 34.6 Å². The first kappa shape index (κ1) is 16.6. The Bertz CT molecular complexity index is 842. The molecule has 3 aromatic heterocycles. The predicted molar refractivity (Wildman–Crippen MR) is 94.9 cm³/mol. The summed E-state index contributed by atoms with van der Waals surface area (Å²) in [5.74, 6) is 0. The van der Waals surface area contributed by atoms with Gasteiger partial charge in [0.1, 0.15) is 11.3 Å². The molecule has 0 bridgehead atoms.